The van der Waals surface area contributed by atoms with E-state index in [2.05, 4.69) is 15.0 Å². The second-order valence-electron chi connectivity index (χ2n) is 3.69. The van der Waals surface area contributed by atoms with Crippen molar-refractivity contribution in [3.63, 3.8) is 0 Å². The molecule has 2 N–H and O–H groups in total. The molecule has 2 rings (SSSR count). The summed E-state index contributed by atoms with van der Waals surface area (Å²) in [6.07, 6.45) is 0. The molecule has 2 aromatic rings. The smallest absolute Gasteiger partial charge is 0.304 e. The summed E-state index contributed by atoms with van der Waals surface area (Å²) in [5.74, 6) is 0. The number of nitro groups is 1. The molecule has 0 spiro atoms. The molecule has 0 bridgehead atoms. The highest BCUT2D eigenvalue weighted by Crippen LogP contribution is 2.37. The molecule has 108 valence electrons. The van der Waals surface area contributed by atoms with Gasteiger partial charge in [0.2, 0.25) is 0 Å². The Bertz CT molecular complexity index is 749. The van der Waals surface area contributed by atoms with Crippen LogP contribution in [0.1, 0.15) is 5.69 Å². The first kappa shape index (κ1) is 14.7. The Balaban J connectivity index is 2.37. The predicted molar refractivity (Wildman–Crippen MR) is 78.2 cm³/mol. The summed E-state index contributed by atoms with van der Waals surface area (Å²) in [6, 6.07) is 1.03. The number of aromatic nitrogens is 1. The fourth-order valence-corrected chi connectivity index (χ4v) is 4.59. The minimum Gasteiger partial charge on any atom is -0.374 e. The molecule has 0 aliphatic heterocycles. The topological polar surface area (TPSA) is 114 Å². The van der Waals surface area contributed by atoms with E-state index in [1.807, 2.05) is 0 Å². The van der Waals surface area contributed by atoms with Gasteiger partial charge in [-0.1, -0.05) is 11.3 Å². The molecule has 0 fully saturated rings. The van der Waals surface area contributed by atoms with Crippen molar-refractivity contribution in [3.05, 3.63) is 27.3 Å². The van der Waals surface area contributed by atoms with E-state index < -0.39 is 14.9 Å². The number of nitrogens with zero attached hydrogens (tertiary/aromatic N) is 2. The fourth-order valence-electron chi connectivity index (χ4n) is 1.37. The lowest BCUT2D eigenvalue weighted by molar-refractivity contribution is -0.383. The zero-order valence-corrected chi connectivity index (χ0v) is 12.9. The Kier molecular flexibility index (Phi) is 3.92. The normalized spacial score (nSPS) is 11.3. The van der Waals surface area contributed by atoms with Crippen LogP contribution in [0.25, 0.3) is 0 Å². The summed E-state index contributed by atoms with van der Waals surface area (Å²) >= 11 is 1.94. The van der Waals surface area contributed by atoms with Crippen molar-refractivity contribution < 1.29 is 13.3 Å². The molecule has 2 heterocycles. The lowest BCUT2D eigenvalue weighted by Crippen LogP contribution is -2.11. The molecule has 0 radical (unpaired) electrons. The number of hydrogen-bond acceptors (Lipinski definition) is 8. The number of rotatable bonds is 5. The van der Waals surface area contributed by atoms with E-state index in [-0.39, 0.29) is 20.0 Å². The molecular weight excluding hydrogens is 324 g/mol. The molecule has 20 heavy (non-hydrogen) atoms. The van der Waals surface area contributed by atoms with Gasteiger partial charge in [-0.25, -0.2) is 13.4 Å². The first-order chi connectivity index (χ1) is 9.33. The zero-order chi connectivity index (χ0) is 14.9. The minimum absolute atomic E-state index is 0.138. The second-order valence-corrected chi connectivity index (χ2v) is 7.51. The van der Waals surface area contributed by atoms with Gasteiger partial charge in [0.1, 0.15) is 4.21 Å². The molecule has 2 aromatic heterocycles. The van der Waals surface area contributed by atoms with Crippen LogP contribution in [0.4, 0.5) is 15.8 Å². The van der Waals surface area contributed by atoms with E-state index in [1.54, 1.807) is 12.3 Å². The van der Waals surface area contributed by atoms with Gasteiger partial charge in [-0.05, 0) is 6.92 Å². The highest BCUT2D eigenvalue weighted by Gasteiger charge is 2.26. The van der Waals surface area contributed by atoms with Crippen molar-refractivity contribution in [2.45, 2.75) is 11.1 Å². The number of sulfonamides is 1. The van der Waals surface area contributed by atoms with Gasteiger partial charge in [0.15, 0.2) is 10.1 Å². The number of nitrogens with one attached hydrogen (secondary N) is 2. The van der Waals surface area contributed by atoms with Gasteiger partial charge in [-0.15, -0.1) is 11.3 Å². The van der Waals surface area contributed by atoms with E-state index in [0.29, 0.717) is 5.69 Å². The molecule has 0 atom stereocenters. The standard InChI is InChI=1S/C9H10N4O4S3/c1-5-4-18-9(11-5)12-20(16,17)7-3-6(13(14)15)8(10-2)19-7/h3-4,10H,1-2H3,(H,11,12). The third kappa shape index (κ3) is 2.89. The van der Waals surface area contributed by atoms with Gasteiger partial charge in [0, 0.05) is 18.5 Å². The Morgan fingerprint density at radius 2 is 2.15 bits per heavy atom. The molecule has 0 aliphatic carbocycles. The van der Waals surface area contributed by atoms with E-state index in [0.717, 1.165) is 28.7 Å². The van der Waals surface area contributed by atoms with Crippen LogP contribution in [0.2, 0.25) is 0 Å². The van der Waals surface area contributed by atoms with Crippen molar-refractivity contribution in [3.8, 4) is 0 Å². The Morgan fingerprint density at radius 1 is 1.45 bits per heavy atom. The molecule has 8 nitrogen and oxygen atoms in total. The van der Waals surface area contributed by atoms with Gasteiger partial charge in [0.05, 0.1) is 10.6 Å². The van der Waals surface area contributed by atoms with Crippen molar-refractivity contribution in [1.82, 2.24) is 4.98 Å². The average Bonchev–Trinajstić information content (AvgIpc) is 2.95. The third-order valence-corrected chi connectivity index (χ3v) is 6.18. The van der Waals surface area contributed by atoms with Gasteiger partial charge in [0.25, 0.3) is 10.0 Å². The van der Waals surface area contributed by atoms with E-state index >= 15 is 0 Å². The maximum Gasteiger partial charge on any atom is 0.304 e. The summed E-state index contributed by atoms with van der Waals surface area (Å²) in [5.41, 5.74) is 0.425. The molecule has 0 saturated carbocycles. The van der Waals surface area contributed by atoms with E-state index in [4.69, 9.17) is 0 Å². The van der Waals surface area contributed by atoms with Gasteiger partial charge in [-0.3, -0.25) is 14.8 Å². The molecule has 0 unspecified atom stereocenters. The number of thiazole rings is 1. The second kappa shape index (κ2) is 5.34. The average molecular weight is 334 g/mol. The summed E-state index contributed by atoms with van der Waals surface area (Å²) in [5, 5.41) is 15.6. The number of thiophene rings is 1. The van der Waals surface area contributed by atoms with Gasteiger partial charge < -0.3 is 5.32 Å². The van der Waals surface area contributed by atoms with Gasteiger partial charge in [-0.2, -0.15) is 0 Å². The van der Waals surface area contributed by atoms with Crippen molar-refractivity contribution in [1.29, 1.82) is 0 Å². The van der Waals surface area contributed by atoms with Crippen LogP contribution in [-0.4, -0.2) is 25.4 Å². The molecule has 0 aliphatic rings. The van der Waals surface area contributed by atoms with Crippen LogP contribution in [0.5, 0.6) is 0 Å². The van der Waals surface area contributed by atoms with Crippen LogP contribution in [0.15, 0.2) is 15.7 Å². The number of aryl methyl sites for hydroxylation is 1. The van der Waals surface area contributed by atoms with E-state index in [1.165, 1.54) is 7.05 Å². The van der Waals surface area contributed by atoms with Crippen LogP contribution in [0, 0.1) is 17.0 Å². The zero-order valence-electron chi connectivity index (χ0n) is 10.4. The molecule has 0 aromatic carbocycles. The van der Waals surface area contributed by atoms with Crippen molar-refractivity contribution in [2.75, 3.05) is 17.1 Å². The van der Waals surface area contributed by atoms with Gasteiger partial charge >= 0.3 is 5.69 Å². The van der Waals surface area contributed by atoms with Crippen LogP contribution < -0.4 is 10.0 Å². The van der Waals surface area contributed by atoms with E-state index in [9.17, 15) is 18.5 Å². The fraction of sp³-hybridized carbons (Fsp3) is 0.222. The summed E-state index contributed by atoms with van der Waals surface area (Å²) in [6.45, 7) is 1.74. The van der Waals surface area contributed by atoms with Crippen molar-refractivity contribution in [2.24, 2.45) is 0 Å². The highest BCUT2D eigenvalue weighted by molar-refractivity contribution is 7.95. The SMILES string of the molecule is CNc1sc(S(=O)(=O)Nc2nc(C)cs2)cc1[N+](=O)[O-]. The first-order valence-electron chi connectivity index (χ1n) is 5.24. The summed E-state index contributed by atoms with van der Waals surface area (Å²) in [7, 11) is -2.38. The highest BCUT2D eigenvalue weighted by atomic mass is 32.2. The van der Waals surface area contributed by atoms with Crippen LogP contribution >= 0.6 is 22.7 Å². The minimum atomic E-state index is -3.87. The number of anilines is 2. The molecule has 11 heteroatoms. The first-order valence-corrected chi connectivity index (χ1v) is 8.42. The Hall–Kier alpha value is -1.72. The Morgan fingerprint density at radius 3 is 2.60 bits per heavy atom. The van der Waals surface area contributed by atoms with Crippen molar-refractivity contribution >= 4 is 48.5 Å². The largest absolute Gasteiger partial charge is 0.374 e. The lowest BCUT2D eigenvalue weighted by atomic mass is 10.5. The summed E-state index contributed by atoms with van der Waals surface area (Å²) in [4.78, 5) is 14.2. The molecular formula is C9H10N4O4S3. The maximum absolute atomic E-state index is 12.1. The molecule has 0 saturated heterocycles. The molecule has 0 amide bonds. The lowest BCUT2D eigenvalue weighted by Gasteiger charge is -2.01. The van der Waals surface area contributed by atoms with Crippen LogP contribution in [0.3, 0.4) is 0 Å². The number of hydrogen-bond donors (Lipinski definition) is 2. The third-order valence-electron chi connectivity index (χ3n) is 2.22. The predicted octanol–water partition coefficient (Wildman–Crippen LogP) is 2.26. The maximum atomic E-state index is 12.1. The summed E-state index contributed by atoms with van der Waals surface area (Å²) < 4.78 is 26.4. The van der Waals surface area contributed by atoms with Crippen LogP contribution in [-0.2, 0) is 10.0 Å². The Labute approximate surface area is 122 Å². The monoisotopic (exact) mass is 334 g/mol. The quantitative estimate of drug-likeness (QED) is 0.640.